The van der Waals surface area contributed by atoms with Crippen molar-refractivity contribution in [3.63, 3.8) is 0 Å². The van der Waals surface area contributed by atoms with Crippen molar-refractivity contribution in [2.75, 3.05) is 50.9 Å². The first kappa shape index (κ1) is 18.3. The smallest absolute Gasteiger partial charge is 0.239 e. The van der Waals surface area contributed by atoms with Crippen molar-refractivity contribution in [3.05, 3.63) is 35.7 Å². The van der Waals surface area contributed by atoms with Crippen LogP contribution in [0, 0.1) is 5.41 Å². The van der Waals surface area contributed by atoms with Gasteiger partial charge in [0.05, 0.1) is 30.9 Å². The van der Waals surface area contributed by atoms with E-state index in [1.807, 2.05) is 5.32 Å². The van der Waals surface area contributed by atoms with Gasteiger partial charge in [0.1, 0.15) is 17.7 Å². The van der Waals surface area contributed by atoms with Crippen LogP contribution in [0.1, 0.15) is 11.1 Å². The van der Waals surface area contributed by atoms with Crippen LogP contribution in [0.5, 0.6) is 0 Å². The molecule has 3 aromatic rings. The zero-order valence-corrected chi connectivity index (χ0v) is 15.4. The third-order valence-electron chi connectivity index (χ3n) is 4.83. The molecule has 0 bridgehead atoms. The Morgan fingerprint density at radius 1 is 1.18 bits per heavy atom. The van der Waals surface area contributed by atoms with Gasteiger partial charge in [0.25, 0.3) is 0 Å². The van der Waals surface area contributed by atoms with Crippen LogP contribution in [-0.2, 0) is 4.74 Å². The Bertz CT molecular complexity index is 996. The highest BCUT2D eigenvalue weighted by molar-refractivity contribution is 6.16. The summed E-state index contributed by atoms with van der Waals surface area (Å²) in [5, 5.41) is 15.1. The standard InChI is InChI=1S/C18H22N8O2/c19-15(11-1-2-13-12(9-11)16(20)25-28-13)14-17(21)23-10-24-18(14)22-3-4-26-5-7-27-8-6-26/h1-2,9-10,19H,3-8H2,(H2,20,25)(H3,21,22,23,24)/p+1. The average molecular weight is 383 g/mol. The molecule has 10 heteroatoms. The number of hydrogen-bond donors (Lipinski definition) is 4. The second-order valence-electron chi connectivity index (χ2n) is 6.62. The molecule has 0 spiro atoms. The lowest BCUT2D eigenvalue weighted by Gasteiger charge is -2.25. The topological polar surface area (TPSA) is 157 Å². The van der Waals surface area contributed by atoms with Gasteiger partial charge in [0.2, 0.25) is 5.82 Å². The lowest BCUT2D eigenvalue weighted by molar-refractivity contribution is -0.575. The van der Waals surface area contributed by atoms with Gasteiger partial charge in [-0.05, 0) is 18.2 Å². The molecule has 10 nitrogen and oxygen atoms in total. The highest BCUT2D eigenvalue weighted by atomic mass is 16.5. The SMILES string of the molecule is N=C(c1ccc2onc(N)c2c1)c1c(N)ncnc1[NH2+]CCN1CCOCC1. The van der Waals surface area contributed by atoms with E-state index in [0.29, 0.717) is 33.7 Å². The fraction of sp³-hybridized carbons (Fsp3) is 0.333. The lowest BCUT2D eigenvalue weighted by atomic mass is 10.0. The molecule has 4 rings (SSSR count). The van der Waals surface area contributed by atoms with Crippen LogP contribution in [-0.4, -0.2) is 65.1 Å². The van der Waals surface area contributed by atoms with Crippen LogP contribution in [0.2, 0.25) is 0 Å². The van der Waals surface area contributed by atoms with Gasteiger partial charge in [-0.3, -0.25) is 15.6 Å². The Balaban J connectivity index is 1.55. The van der Waals surface area contributed by atoms with Crippen LogP contribution in [0.4, 0.5) is 17.5 Å². The molecule has 0 atom stereocenters. The molecule has 0 aliphatic carbocycles. The number of hydrogen-bond acceptors (Lipinski definition) is 9. The van der Waals surface area contributed by atoms with Gasteiger partial charge in [-0.2, -0.15) is 4.98 Å². The number of nitrogens with one attached hydrogen (secondary N) is 1. The largest absolute Gasteiger partial charge is 0.383 e. The summed E-state index contributed by atoms with van der Waals surface area (Å²) in [4.78, 5) is 10.8. The molecule has 0 saturated carbocycles. The van der Waals surface area contributed by atoms with E-state index < -0.39 is 0 Å². The number of aromatic nitrogens is 3. The third-order valence-corrected chi connectivity index (χ3v) is 4.83. The van der Waals surface area contributed by atoms with Crippen LogP contribution >= 0.6 is 0 Å². The minimum Gasteiger partial charge on any atom is -0.383 e. The maximum Gasteiger partial charge on any atom is 0.239 e. The highest BCUT2D eigenvalue weighted by Gasteiger charge is 2.21. The number of nitrogens with two attached hydrogens (primary N) is 3. The molecule has 1 aromatic carbocycles. The van der Waals surface area contributed by atoms with Crippen molar-refractivity contribution < 1.29 is 14.6 Å². The number of ether oxygens (including phenoxy) is 1. The van der Waals surface area contributed by atoms with Crippen molar-refractivity contribution in [2.24, 2.45) is 0 Å². The summed E-state index contributed by atoms with van der Waals surface area (Å²) < 4.78 is 10.5. The first-order chi connectivity index (χ1) is 13.6. The van der Waals surface area contributed by atoms with E-state index in [-0.39, 0.29) is 11.5 Å². The Kier molecular flexibility index (Phi) is 5.15. The monoisotopic (exact) mass is 383 g/mol. The number of rotatable bonds is 6. The second-order valence-corrected chi connectivity index (χ2v) is 6.62. The van der Waals surface area contributed by atoms with Gasteiger partial charge < -0.3 is 20.7 Å². The van der Waals surface area contributed by atoms with Gasteiger partial charge in [-0.25, -0.2) is 4.98 Å². The van der Waals surface area contributed by atoms with Crippen LogP contribution in [0.3, 0.4) is 0 Å². The molecule has 1 fully saturated rings. The first-order valence-electron chi connectivity index (χ1n) is 9.11. The number of nitrogen functional groups attached to an aromatic ring is 2. The summed E-state index contributed by atoms with van der Waals surface area (Å²) in [6.45, 7) is 5.11. The van der Waals surface area contributed by atoms with Crippen molar-refractivity contribution in [1.29, 1.82) is 5.41 Å². The fourth-order valence-electron chi connectivity index (χ4n) is 3.29. The number of anilines is 2. The van der Waals surface area contributed by atoms with Gasteiger partial charge in [0.15, 0.2) is 11.4 Å². The number of morpholine rings is 1. The molecule has 1 aliphatic heterocycles. The predicted octanol–water partition coefficient (Wildman–Crippen LogP) is -0.275. The van der Waals surface area contributed by atoms with E-state index in [4.69, 9.17) is 26.1 Å². The van der Waals surface area contributed by atoms with E-state index in [1.165, 1.54) is 6.33 Å². The highest BCUT2D eigenvalue weighted by Crippen LogP contribution is 2.25. The number of fused-ring (bicyclic) bond motifs is 1. The quantitative estimate of drug-likeness (QED) is 0.424. The number of benzene rings is 1. The average Bonchev–Trinajstić information content (AvgIpc) is 3.09. The Hall–Kier alpha value is -3.08. The zero-order valence-electron chi connectivity index (χ0n) is 15.4. The molecule has 7 N–H and O–H groups in total. The van der Waals surface area contributed by atoms with Crippen LogP contribution in [0.15, 0.2) is 29.0 Å². The van der Waals surface area contributed by atoms with E-state index in [1.54, 1.807) is 18.2 Å². The molecule has 3 heterocycles. The maximum absolute atomic E-state index is 8.68. The minimum absolute atomic E-state index is 0.234. The second kappa shape index (κ2) is 7.89. The minimum atomic E-state index is 0.234. The van der Waals surface area contributed by atoms with Crippen molar-refractivity contribution >= 4 is 34.1 Å². The summed E-state index contributed by atoms with van der Waals surface area (Å²) in [5.41, 5.74) is 13.9. The maximum atomic E-state index is 8.68. The Morgan fingerprint density at radius 3 is 2.82 bits per heavy atom. The van der Waals surface area contributed by atoms with E-state index in [0.717, 1.165) is 39.4 Å². The normalized spacial score (nSPS) is 15.1. The van der Waals surface area contributed by atoms with Gasteiger partial charge in [-0.1, -0.05) is 5.16 Å². The van der Waals surface area contributed by atoms with Crippen molar-refractivity contribution in [3.8, 4) is 0 Å². The molecule has 0 unspecified atom stereocenters. The van der Waals surface area contributed by atoms with E-state index >= 15 is 0 Å². The van der Waals surface area contributed by atoms with Gasteiger partial charge >= 0.3 is 0 Å². The van der Waals surface area contributed by atoms with Gasteiger partial charge in [0, 0.05) is 25.2 Å². The lowest BCUT2D eigenvalue weighted by Crippen LogP contribution is -2.81. The summed E-state index contributed by atoms with van der Waals surface area (Å²) in [6.07, 6.45) is 1.42. The molecule has 0 radical (unpaired) electrons. The third kappa shape index (κ3) is 3.65. The fourth-order valence-corrected chi connectivity index (χ4v) is 3.29. The van der Waals surface area contributed by atoms with Crippen molar-refractivity contribution in [1.82, 2.24) is 20.0 Å². The molecular formula is C18H23N8O2+. The van der Waals surface area contributed by atoms with Crippen LogP contribution in [0.25, 0.3) is 11.0 Å². The molecular weight excluding hydrogens is 360 g/mol. The summed E-state index contributed by atoms with van der Waals surface area (Å²) in [6, 6.07) is 5.29. The van der Waals surface area contributed by atoms with E-state index in [9.17, 15) is 0 Å². The summed E-state index contributed by atoms with van der Waals surface area (Å²) >= 11 is 0. The predicted molar refractivity (Wildman–Crippen MR) is 105 cm³/mol. The van der Waals surface area contributed by atoms with E-state index in [2.05, 4.69) is 20.0 Å². The molecule has 0 amide bonds. The molecule has 146 valence electrons. The van der Waals surface area contributed by atoms with Gasteiger partial charge in [-0.15, -0.1) is 0 Å². The van der Waals surface area contributed by atoms with Crippen LogP contribution < -0.4 is 16.8 Å². The molecule has 2 aromatic heterocycles. The number of quaternary nitrogens is 1. The Labute approximate surface area is 161 Å². The summed E-state index contributed by atoms with van der Waals surface area (Å²) in [7, 11) is 0. The van der Waals surface area contributed by atoms with Crippen molar-refractivity contribution in [2.45, 2.75) is 0 Å². The molecule has 1 aliphatic rings. The Morgan fingerprint density at radius 2 is 2.00 bits per heavy atom. The zero-order chi connectivity index (χ0) is 19.5. The first-order valence-corrected chi connectivity index (χ1v) is 9.11. The molecule has 1 saturated heterocycles. The molecule has 28 heavy (non-hydrogen) atoms. The summed E-state index contributed by atoms with van der Waals surface area (Å²) in [5.74, 6) is 1.22. The number of nitrogens with zero attached hydrogens (tertiary/aromatic N) is 4.